The average Bonchev–Trinajstić information content (AvgIpc) is 2.56. The van der Waals surface area contributed by atoms with Crippen molar-refractivity contribution in [2.75, 3.05) is 0 Å². The summed E-state index contributed by atoms with van der Waals surface area (Å²) in [7, 11) is 0. The fourth-order valence-electron chi connectivity index (χ4n) is 2.35. The van der Waals surface area contributed by atoms with Crippen LogP contribution < -0.4 is 0 Å². The topological polar surface area (TPSA) is 72.8 Å². The van der Waals surface area contributed by atoms with Gasteiger partial charge in [0, 0.05) is 19.3 Å². The number of hydrogen-bond donors (Lipinski definition) is 1. The molecule has 0 heterocycles. The molecule has 0 saturated heterocycles. The van der Waals surface area contributed by atoms with Crippen LogP contribution in [-0.2, 0) is 19.2 Å². The summed E-state index contributed by atoms with van der Waals surface area (Å²) < 4.78 is 5.14. The molecule has 0 aromatic carbocycles. The van der Waals surface area contributed by atoms with Crippen molar-refractivity contribution < 1.29 is 24.5 Å². The summed E-state index contributed by atoms with van der Waals surface area (Å²) in [6.07, 6.45) is 10.7. The molecular weight excluding hydrogens is 332 g/mol. The molecule has 0 radical (unpaired) electrons. The second kappa shape index (κ2) is 13.7. The number of carbonyl (C=O) groups excluding carboxylic acids is 2. The van der Waals surface area contributed by atoms with Crippen molar-refractivity contribution in [3.63, 3.8) is 0 Å². The first-order chi connectivity index (χ1) is 12.2. The summed E-state index contributed by atoms with van der Waals surface area (Å²) in [5.74, 6) is -0.182. The number of esters is 1. The number of hydrogen-bond acceptors (Lipinski definition) is 5. The Morgan fingerprint density at radius 1 is 1.15 bits per heavy atom. The van der Waals surface area contributed by atoms with Crippen molar-refractivity contribution in [1.29, 1.82) is 0 Å². The van der Waals surface area contributed by atoms with E-state index in [0.717, 1.165) is 31.3 Å². The van der Waals surface area contributed by atoms with E-state index in [-0.39, 0.29) is 17.2 Å². The van der Waals surface area contributed by atoms with Gasteiger partial charge in [-0.25, -0.2) is 5.26 Å². The molecule has 1 N–H and O–H groups in total. The van der Waals surface area contributed by atoms with Crippen molar-refractivity contribution in [3.05, 3.63) is 23.8 Å². The molecule has 5 nitrogen and oxygen atoms in total. The van der Waals surface area contributed by atoms with E-state index < -0.39 is 6.29 Å². The van der Waals surface area contributed by atoms with Crippen LogP contribution in [0, 0.1) is 5.41 Å². The third-order valence-electron chi connectivity index (χ3n) is 4.09. The molecule has 0 bridgehead atoms. The van der Waals surface area contributed by atoms with Crippen LogP contribution in [0.1, 0.15) is 86.0 Å². The molecule has 26 heavy (non-hydrogen) atoms. The largest absolute Gasteiger partial charge is 0.433 e. The number of carbonyl (C=O) groups is 2. The molecule has 0 aliphatic rings. The maximum atomic E-state index is 11.7. The van der Waals surface area contributed by atoms with E-state index in [9.17, 15) is 9.59 Å². The van der Waals surface area contributed by atoms with Gasteiger partial charge >= 0.3 is 5.97 Å². The molecule has 1 atom stereocenters. The Kier molecular flexibility index (Phi) is 12.9. The van der Waals surface area contributed by atoms with Crippen LogP contribution in [0.3, 0.4) is 0 Å². The van der Waals surface area contributed by atoms with Gasteiger partial charge in [0.25, 0.3) is 0 Å². The predicted octanol–water partition coefficient (Wildman–Crippen LogP) is 5.60. The van der Waals surface area contributed by atoms with E-state index in [0.29, 0.717) is 25.7 Å². The Hall–Kier alpha value is -1.46. The maximum absolute atomic E-state index is 11.7. The monoisotopic (exact) mass is 368 g/mol. The maximum Gasteiger partial charge on any atom is 0.308 e. The minimum Gasteiger partial charge on any atom is -0.433 e. The Morgan fingerprint density at radius 2 is 1.85 bits per heavy atom. The lowest BCUT2D eigenvalue weighted by Crippen LogP contribution is -2.20. The standard InChI is InChI=1S/C21H36O5/c1-6-7-8-11-19(23)25-20(26-24)13-12-17(2)14-16-21(4,5)15-9-10-18(3)22/h9,14-15,20,24H,6-8,10-13,16H2,1-5H3/b15-9+,17-14+. The number of ether oxygens (including phenoxy) is 1. The smallest absolute Gasteiger partial charge is 0.308 e. The second-order valence-electron chi connectivity index (χ2n) is 7.57. The van der Waals surface area contributed by atoms with E-state index >= 15 is 0 Å². The molecule has 0 aliphatic carbocycles. The fourth-order valence-corrected chi connectivity index (χ4v) is 2.35. The van der Waals surface area contributed by atoms with Gasteiger partial charge in [-0.05, 0) is 38.5 Å². The molecule has 1 unspecified atom stereocenters. The van der Waals surface area contributed by atoms with Crippen molar-refractivity contribution in [2.45, 2.75) is 92.3 Å². The minimum absolute atomic E-state index is 0.0324. The van der Waals surface area contributed by atoms with Crippen LogP contribution in [0.4, 0.5) is 0 Å². The Labute approximate surface area is 158 Å². The summed E-state index contributed by atoms with van der Waals surface area (Å²) in [6, 6.07) is 0. The number of rotatable bonds is 14. The van der Waals surface area contributed by atoms with Crippen LogP contribution in [0.25, 0.3) is 0 Å². The first-order valence-corrected chi connectivity index (χ1v) is 9.52. The summed E-state index contributed by atoms with van der Waals surface area (Å²) in [5, 5.41) is 8.93. The number of Topliss-reactive ketones (excluding diaryl/α,β-unsaturated/α-hetero) is 1. The molecule has 0 saturated carbocycles. The number of ketones is 1. The normalized spacial score (nSPS) is 13.8. The molecule has 0 rings (SSSR count). The summed E-state index contributed by atoms with van der Waals surface area (Å²) >= 11 is 0. The lowest BCUT2D eigenvalue weighted by Gasteiger charge is -2.19. The van der Waals surface area contributed by atoms with E-state index in [1.807, 2.05) is 13.0 Å². The Balaban J connectivity index is 4.31. The van der Waals surface area contributed by atoms with Gasteiger partial charge in [-0.1, -0.05) is 57.4 Å². The third-order valence-corrected chi connectivity index (χ3v) is 4.09. The van der Waals surface area contributed by atoms with Crippen LogP contribution in [-0.4, -0.2) is 23.3 Å². The molecule has 0 aliphatic heterocycles. The highest BCUT2D eigenvalue weighted by Crippen LogP contribution is 2.25. The summed E-state index contributed by atoms with van der Waals surface area (Å²) in [6.45, 7) is 9.89. The molecule has 0 amide bonds. The zero-order valence-electron chi connectivity index (χ0n) is 17.0. The quantitative estimate of drug-likeness (QED) is 0.108. The highest BCUT2D eigenvalue weighted by Gasteiger charge is 2.16. The van der Waals surface area contributed by atoms with Crippen molar-refractivity contribution >= 4 is 11.8 Å². The summed E-state index contributed by atoms with van der Waals surface area (Å²) in [4.78, 5) is 27.0. The molecule has 0 fully saturated rings. The summed E-state index contributed by atoms with van der Waals surface area (Å²) in [5.41, 5.74) is 1.11. The SMILES string of the molecule is CCCCCC(=O)OC(CC/C(C)=C/CC(C)(C)/C=C/CC(C)=O)OO. The van der Waals surface area contributed by atoms with Gasteiger partial charge in [0.1, 0.15) is 5.78 Å². The highest BCUT2D eigenvalue weighted by molar-refractivity contribution is 5.76. The van der Waals surface area contributed by atoms with E-state index in [1.165, 1.54) is 0 Å². The molecule has 5 heteroatoms. The van der Waals surface area contributed by atoms with Gasteiger partial charge in [-0.3, -0.25) is 9.59 Å². The van der Waals surface area contributed by atoms with Crippen molar-refractivity contribution in [1.82, 2.24) is 0 Å². The zero-order chi connectivity index (χ0) is 20.0. The lowest BCUT2D eigenvalue weighted by atomic mass is 9.87. The van der Waals surface area contributed by atoms with E-state index in [1.54, 1.807) is 6.92 Å². The predicted molar refractivity (Wildman–Crippen MR) is 104 cm³/mol. The second-order valence-corrected chi connectivity index (χ2v) is 7.57. The fraction of sp³-hybridized carbons (Fsp3) is 0.714. The minimum atomic E-state index is -0.920. The Morgan fingerprint density at radius 3 is 2.42 bits per heavy atom. The van der Waals surface area contributed by atoms with Crippen molar-refractivity contribution in [2.24, 2.45) is 5.41 Å². The lowest BCUT2D eigenvalue weighted by molar-refractivity contribution is -0.337. The van der Waals surface area contributed by atoms with Crippen LogP contribution in [0.15, 0.2) is 23.8 Å². The molecular formula is C21H36O5. The molecule has 150 valence electrons. The molecule has 0 spiro atoms. The van der Waals surface area contributed by atoms with Crippen molar-refractivity contribution in [3.8, 4) is 0 Å². The van der Waals surface area contributed by atoms with Gasteiger partial charge in [0.2, 0.25) is 6.29 Å². The zero-order valence-corrected chi connectivity index (χ0v) is 17.0. The highest BCUT2D eigenvalue weighted by atomic mass is 17.1. The van der Waals surface area contributed by atoms with Crippen LogP contribution in [0.5, 0.6) is 0 Å². The van der Waals surface area contributed by atoms with E-state index in [4.69, 9.17) is 9.99 Å². The third kappa shape index (κ3) is 13.8. The van der Waals surface area contributed by atoms with Gasteiger partial charge in [0.15, 0.2) is 0 Å². The first kappa shape index (κ1) is 24.5. The van der Waals surface area contributed by atoms with E-state index in [2.05, 4.69) is 37.8 Å². The van der Waals surface area contributed by atoms with Gasteiger partial charge in [-0.15, -0.1) is 0 Å². The van der Waals surface area contributed by atoms with Crippen LogP contribution >= 0.6 is 0 Å². The number of allylic oxidation sites excluding steroid dienone is 4. The van der Waals surface area contributed by atoms with Gasteiger partial charge < -0.3 is 4.74 Å². The Bertz CT molecular complexity index is 477. The van der Waals surface area contributed by atoms with Gasteiger partial charge in [0.05, 0.1) is 0 Å². The average molecular weight is 369 g/mol. The van der Waals surface area contributed by atoms with Gasteiger partial charge in [-0.2, -0.15) is 4.89 Å². The van der Waals surface area contributed by atoms with Crippen LogP contribution in [0.2, 0.25) is 0 Å². The number of unbranched alkanes of at least 4 members (excludes halogenated alkanes) is 2. The molecule has 0 aromatic heterocycles. The molecule has 0 aromatic rings. The first-order valence-electron chi connectivity index (χ1n) is 9.52.